The fourth-order valence-corrected chi connectivity index (χ4v) is 0.673. The standard InChI is InChI=1S/C6H3N2O/c1-2-9-6-5(1)3-7-4-8-6/h1-3H. The van der Waals surface area contributed by atoms with Crippen LogP contribution in [0.4, 0.5) is 0 Å². The van der Waals surface area contributed by atoms with E-state index in [0.29, 0.717) is 5.71 Å². The molecule has 9 heavy (non-hydrogen) atoms. The smallest absolute Gasteiger partial charge is 0.229 e. The van der Waals surface area contributed by atoms with Gasteiger partial charge in [-0.25, -0.2) is 4.98 Å². The summed E-state index contributed by atoms with van der Waals surface area (Å²) in [5.74, 6) is 0. The van der Waals surface area contributed by atoms with Gasteiger partial charge in [0.2, 0.25) is 12.0 Å². The lowest BCUT2D eigenvalue weighted by atomic mass is 10.4. The molecule has 2 aromatic heterocycles. The Bertz CT molecular complexity index is 285. The molecule has 0 N–H and O–H groups in total. The molecule has 2 rings (SSSR count). The van der Waals surface area contributed by atoms with Crippen LogP contribution in [0.1, 0.15) is 0 Å². The topological polar surface area (TPSA) is 38.9 Å². The molecule has 0 atom stereocenters. The molecule has 0 aliphatic carbocycles. The molecule has 3 nitrogen and oxygen atoms in total. The second-order valence-electron chi connectivity index (χ2n) is 1.65. The molecule has 0 spiro atoms. The van der Waals surface area contributed by atoms with Gasteiger partial charge in [0.05, 0.1) is 11.6 Å². The average molecular weight is 119 g/mol. The van der Waals surface area contributed by atoms with E-state index in [1.165, 1.54) is 0 Å². The number of furan rings is 1. The quantitative estimate of drug-likeness (QED) is 0.519. The van der Waals surface area contributed by atoms with Crippen molar-refractivity contribution in [2.24, 2.45) is 0 Å². The summed E-state index contributed by atoms with van der Waals surface area (Å²) in [4.78, 5) is 7.43. The molecule has 0 amide bonds. The average Bonchev–Trinajstić information content (AvgIpc) is 2.33. The van der Waals surface area contributed by atoms with E-state index in [-0.39, 0.29) is 0 Å². The zero-order chi connectivity index (χ0) is 6.10. The van der Waals surface area contributed by atoms with Crippen molar-refractivity contribution in [1.82, 2.24) is 9.97 Å². The SMILES string of the molecule is [c]1ncc2ccoc2n1. The lowest BCUT2D eigenvalue weighted by Gasteiger charge is -1.79. The van der Waals surface area contributed by atoms with Gasteiger partial charge in [0.25, 0.3) is 0 Å². The highest BCUT2D eigenvalue weighted by Gasteiger charge is 1.92. The summed E-state index contributed by atoms with van der Waals surface area (Å²) in [6.45, 7) is 0. The molecule has 0 unspecified atom stereocenters. The van der Waals surface area contributed by atoms with Crippen molar-refractivity contribution in [3.8, 4) is 0 Å². The molecule has 0 fully saturated rings. The summed E-state index contributed by atoms with van der Waals surface area (Å²) < 4.78 is 4.94. The Morgan fingerprint density at radius 2 is 2.56 bits per heavy atom. The van der Waals surface area contributed by atoms with Crippen LogP contribution in [0.25, 0.3) is 11.1 Å². The maximum Gasteiger partial charge on any atom is 0.229 e. The summed E-state index contributed by atoms with van der Waals surface area (Å²) in [6, 6.07) is 1.81. The Balaban J connectivity index is 2.95. The molecule has 2 heterocycles. The van der Waals surface area contributed by atoms with Crippen molar-refractivity contribution >= 4 is 11.1 Å². The van der Waals surface area contributed by atoms with Crippen molar-refractivity contribution in [3.63, 3.8) is 0 Å². The van der Waals surface area contributed by atoms with Gasteiger partial charge in [-0.15, -0.1) is 0 Å². The Kier molecular flexibility index (Phi) is 0.773. The minimum absolute atomic E-state index is 0.588. The van der Waals surface area contributed by atoms with E-state index in [2.05, 4.69) is 16.3 Å². The second-order valence-corrected chi connectivity index (χ2v) is 1.65. The molecule has 0 saturated carbocycles. The number of rotatable bonds is 0. The zero-order valence-electron chi connectivity index (χ0n) is 4.53. The van der Waals surface area contributed by atoms with E-state index in [1.54, 1.807) is 12.5 Å². The van der Waals surface area contributed by atoms with Crippen molar-refractivity contribution in [3.05, 3.63) is 24.9 Å². The molecule has 0 saturated heterocycles. The Morgan fingerprint density at radius 1 is 1.56 bits per heavy atom. The van der Waals surface area contributed by atoms with Crippen LogP contribution in [0.2, 0.25) is 0 Å². The summed E-state index contributed by atoms with van der Waals surface area (Å²) >= 11 is 0. The van der Waals surface area contributed by atoms with Crippen molar-refractivity contribution in [2.45, 2.75) is 0 Å². The van der Waals surface area contributed by atoms with Gasteiger partial charge < -0.3 is 4.42 Å². The molecular formula is C6H3N2O. The molecule has 0 aliphatic rings. The summed E-state index contributed by atoms with van der Waals surface area (Å²) in [7, 11) is 0. The van der Waals surface area contributed by atoms with E-state index in [0.717, 1.165) is 5.39 Å². The fraction of sp³-hybridized carbons (Fsp3) is 0. The van der Waals surface area contributed by atoms with Gasteiger partial charge >= 0.3 is 0 Å². The van der Waals surface area contributed by atoms with Crippen molar-refractivity contribution in [1.29, 1.82) is 0 Å². The van der Waals surface area contributed by atoms with Gasteiger partial charge in [-0.2, -0.15) is 4.98 Å². The van der Waals surface area contributed by atoms with Crippen LogP contribution in [0, 0.1) is 6.33 Å². The summed E-state index contributed by atoms with van der Waals surface area (Å²) in [5.41, 5.74) is 0.588. The summed E-state index contributed by atoms with van der Waals surface area (Å²) in [6.07, 6.45) is 5.66. The maximum absolute atomic E-state index is 4.94. The van der Waals surface area contributed by atoms with Gasteiger partial charge in [0.1, 0.15) is 0 Å². The number of fused-ring (bicyclic) bond motifs is 1. The first kappa shape index (κ1) is 4.49. The van der Waals surface area contributed by atoms with Gasteiger partial charge in [-0.05, 0) is 6.07 Å². The number of hydrogen-bond donors (Lipinski definition) is 0. The van der Waals surface area contributed by atoms with E-state index in [4.69, 9.17) is 4.42 Å². The minimum Gasteiger partial charge on any atom is -0.446 e. The van der Waals surface area contributed by atoms with Crippen molar-refractivity contribution in [2.75, 3.05) is 0 Å². The van der Waals surface area contributed by atoms with E-state index < -0.39 is 0 Å². The zero-order valence-corrected chi connectivity index (χ0v) is 4.53. The molecule has 1 radical (unpaired) electrons. The highest BCUT2D eigenvalue weighted by atomic mass is 16.3. The first-order valence-corrected chi connectivity index (χ1v) is 2.53. The fourth-order valence-electron chi connectivity index (χ4n) is 0.673. The Morgan fingerprint density at radius 3 is 3.44 bits per heavy atom. The molecule has 0 aromatic carbocycles. The minimum atomic E-state index is 0.588. The monoisotopic (exact) mass is 119 g/mol. The normalized spacial score (nSPS) is 10.2. The van der Waals surface area contributed by atoms with Crippen LogP contribution < -0.4 is 0 Å². The van der Waals surface area contributed by atoms with Gasteiger partial charge in [0, 0.05) is 6.20 Å². The molecule has 0 aliphatic heterocycles. The summed E-state index contributed by atoms with van der Waals surface area (Å²) in [5, 5.41) is 0.911. The predicted molar refractivity (Wildman–Crippen MR) is 30.6 cm³/mol. The predicted octanol–water partition coefficient (Wildman–Crippen LogP) is 1.02. The van der Waals surface area contributed by atoms with E-state index in [1.807, 2.05) is 6.07 Å². The lowest BCUT2D eigenvalue weighted by molar-refractivity contribution is 0.602. The maximum atomic E-state index is 4.94. The molecule has 43 valence electrons. The van der Waals surface area contributed by atoms with Crippen LogP contribution in [0.5, 0.6) is 0 Å². The Hall–Kier alpha value is -1.38. The van der Waals surface area contributed by atoms with Crippen LogP contribution >= 0.6 is 0 Å². The highest BCUT2D eigenvalue weighted by Crippen LogP contribution is 2.07. The van der Waals surface area contributed by atoms with Crippen LogP contribution in [-0.2, 0) is 0 Å². The highest BCUT2D eigenvalue weighted by molar-refractivity contribution is 5.70. The number of hydrogen-bond acceptors (Lipinski definition) is 3. The van der Waals surface area contributed by atoms with Crippen LogP contribution in [-0.4, -0.2) is 9.97 Å². The number of aromatic nitrogens is 2. The third-order valence-corrected chi connectivity index (χ3v) is 1.09. The first-order chi connectivity index (χ1) is 4.47. The molecule has 0 bridgehead atoms. The Labute approximate surface area is 51.3 Å². The lowest BCUT2D eigenvalue weighted by Crippen LogP contribution is -1.73. The van der Waals surface area contributed by atoms with Gasteiger partial charge in [-0.1, -0.05) is 0 Å². The van der Waals surface area contributed by atoms with Crippen LogP contribution in [0.3, 0.4) is 0 Å². The largest absolute Gasteiger partial charge is 0.446 e. The van der Waals surface area contributed by atoms with Gasteiger partial charge in [-0.3, -0.25) is 0 Å². The second kappa shape index (κ2) is 1.55. The van der Waals surface area contributed by atoms with E-state index >= 15 is 0 Å². The van der Waals surface area contributed by atoms with Crippen LogP contribution in [0.15, 0.2) is 22.9 Å². The first-order valence-electron chi connectivity index (χ1n) is 2.53. The van der Waals surface area contributed by atoms with E-state index in [9.17, 15) is 0 Å². The third-order valence-electron chi connectivity index (χ3n) is 1.09. The molecule has 3 heteroatoms. The molecular weight excluding hydrogens is 116 g/mol. The number of nitrogens with zero attached hydrogens (tertiary/aromatic N) is 2. The molecule has 2 aromatic rings. The van der Waals surface area contributed by atoms with Crippen molar-refractivity contribution < 1.29 is 4.42 Å². The third kappa shape index (κ3) is 0.579. The van der Waals surface area contributed by atoms with Gasteiger partial charge in [0.15, 0.2) is 0 Å².